The highest BCUT2D eigenvalue weighted by atomic mass is 16.5. The first-order valence-electron chi connectivity index (χ1n) is 7.08. The summed E-state index contributed by atoms with van der Waals surface area (Å²) in [6, 6.07) is 6.43. The highest BCUT2D eigenvalue weighted by molar-refractivity contribution is 5.68. The zero-order valence-corrected chi connectivity index (χ0v) is 11.2. The molecule has 0 bridgehead atoms. The van der Waals surface area contributed by atoms with Crippen molar-refractivity contribution >= 4 is 11.4 Å². The number of ether oxygens (including phenoxy) is 1. The van der Waals surface area contributed by atoms with Gasteiger partial charge in [-0.1, -0.05) is 25.7 Å². The van der Waals surface area contributed by atoms with Crippen LogP contribution in [0.3, 0.4) is 0 Å². The van der Waals surface area contributed by atoms with Gasteiger partial charge in [-0.3, -0.25) is 0 Å². The van der Waals surface area contributed by atoms with E-state index in [2.05, 4.69) is 5.32 Å². The minimum atomic E-state index is 0.562. The summed E-state index contributed by atoms with van der Waals surface area (Å²) in [7, 11) is 0. The summed E-state index contributed by atoms with van der Waals surface area (Å²) in [5.41, 5.74) is 7.85. The summed E-state index contributed by atoms with van der Waals surface area (Å²) in [5.74, 6) is 0.892. The Morgan fingerprint density at radius 3 is 2.61 bits per heavy atom. The maximum atomic E-state index is 6.02. The fourth-order valence-corrected chi connectivity index (χ4v) is 2.56. The SMILES string of the molecule is CCOc1ccc(N)c(NC2CCCCCC2)c1. The van der Waals surface area contributed by atoms with Gasteiger partial charge in [0.2, 0.25) is 0 Å². The van der Waals surface area contributed by atoms with Crippen molar-refractivity contribution < 1.29 is 4.74 Å². The Hall–Kier alpha value is -1.38. The van der Waals surface area contributed by atoms with E-state index in [0.29, 0.717) is 12.6 Å². The molecule has 3 nitrogen and oxygen atoms in total. The van der Waals surface area contributed by atoms with Crippen molar-refractivity contribution in [2.24, 2.45) is 0 Å². The number of hydrogen-bond acceptors (Lipinski definition) is 3. The van der Waals surface area contributed by atoms with Gasteiger partial charge in [0, 0.05) is 12.1 Å². The van der Waals surface area contributed by atoms with Crippen molar-refractivity contribution in [1.82, 2.24) is 0 Å². The van der Waals surface area contributed by atoms with Gasteiger partial charge in [0.05, 0.1) is 18.0 Å². The van der Waals surface area contributed by atoms with Crippen molar-refractivity contribution in [1.29, 1.82) is 0 Å². The highest BCUT2D eigenvalue weighted by Gasteiger charge is 2.13. The predicted molar refractivity (Wildman–Crippen MR) is 77.1 cm³/mol. The van der Waals surface area contributed by atoms with Gasteiger partial charge in [-0.15, -0.1) is 0 Å². The van der Waals surface area contributed by atoms with E-state index in [1.165, 1.54) is 38.5 Å². The second kappa shape index (κ2) is 6.53. The lowest BCUT2D eigenvalue weighted by atomic mass is 10.1. The van der Waals surface area contributed by atoms with Crippen molar-refractivity contribution in [2.45, 2.75) is 51.5 Å². The molecule has 1 fully saturated rings. The molecule has 0 saturated heterocycles. The van der Waals surface area contributed by atoms with Gasteiger partial charge in [0.15, 0.2) is 0 Å². The van der Waals surface area contributed by atoms with E-state index in [4.69, 9.17) is 10.5 Å². The van der Waals surface area contributed by atoms with Crippen LogP contribution in [0.2, 0.25) is 0 Å². The molecule has 1 aliphatic rings. The highest BCUT2D eigenvalue weighted by Crippen LogP contribution is 2.28. The van der Waals surface area contributed by atoms with Gasteiger partial charge in [-0.05, 0) is 31.9 Å². The molecule has 0 amide bonds. The first-order chi connectivity index (χ1) is 8.79. The number of anilines is 2. The Morgan fingerprint density at radius 2 is 1.94 bits per heavy atom. The summed E-state index contributed by atoms with van der Waals surface area (Å²) in [4.78, 5) is 0. The maximum absolute atomic E-state index is 6.02. The molecule has 0 aromatic heterocycles. The molecular weight excluding hydrogens is 224 g/mol. The number of nitrogens with two attached hydrogens (primary N) is 1. The number of nitrogen functional groups attached to an aromatic ring is 1. The summed E-state index contributed by atoms with van der Waals surface area (Å²) in [6.45, 7) is 2.68. The predicted octanol–water partition coefficient (Wildman–Crippen LogP) is 3.80. The fraction of sp³-hybridized carbons (Fsp3) is 0.600. The molecule has 0 unspecified atom stereocenters. The van der Waals surface area contributed by atoms with Crippen LogP contribution in [0.5, 0.6) is 5.75 Å². The molecule has 2 rings (SSSR count). The molecule has 0 aliphatic heterocycles. The molecule has 3 heteroatoms. The molecule has 0 spiro atoms. The third-order valence-electron chi connectivity index (χ3n) is 3.55. The summed E-state index contributed by atoms with van der Waals surface area (Å²) in [5, 5.41) is 3.58. The van der Waals surface area contributed by atoms with Gasteiger partial charge < -0.3 is 15.8 Å². The molecule has 100 valence electrons. The van der Waals surface area contributed by atoms with Crippen LogP contribution in [0, 0.1) is 0 Å². The van der Waals surface area contributed by atoms with Crippen LogP contribution in [-0.4, -0.2) is 12.6 Å². The Morgan fingerprint density at radius 1 is 1.22 bits per heavy atom. The van der Waals surface area contributed by atoms with Gasteiger partial charge in [0.1, 0.15) is 5.75 Å². The number of benzene rings is 1. The van der Waals surface area contributed by atoms with Gasteiger partial charge >= 0.3 is 0 Å². The summed E-state index contributed by atoms with van der Waals surface area (Å²) in [6.07, 6.45) is 7.88. The molecule has 1 saturated carbocycles. The Kier molecular flexibility index (Phi) is 4.73. The summed E-state index contributed by atoms with van der Waals surface area (Å²) < 4.78 is 5.52. The molecule has 0 heterocycles. The Bertz CT molecular complexity index is 371. The van der Waals surface area contributed by atoms with E-state index >= 15 is 0 Å². The number of hydrogen-bond donors (Lipinski definition) is 2. The lowest BCUT2D eigenvalue weighted by Gasteiger charge is -2.19. The molecule has 0 atom stereocenters. The zero-order valence-electron chi connectivity index (χ0n) is 11.2. The second-order valence-corrected chi connectivity index (χ2v) is 5.01. The molecule has 18 heavy (non-hydrogen) atoms. The second-order valence-electron chi connectivity index (χ2n) is 5.01. The largest absolute Gasteiger partial charge is 0.494 e. The maximum Gasteiger partial charge on any atom is 0.121 e. The summed E-state index contributed by atoms with van der Waals surface area (Å²) >= 11 is 0. The first-order valence-corrected chi connectivity index (χ1v) is 7.08. The van der Waals surface area contributed by atoms with Crippen molar-refractivity contribution in [3.63, 3.8) is 0 Å². The van der Waals surface area contributed by atoms with Crippen molar-refractivity contribution in [2.75, 3.05) is 17.7 Å². The average Bonchev–Trinajstić information content (AvgIpc) is 2.62. The van der Waals surface area contributed by atoms with E-state index < -0.39 is 0 Å². The van der Waals surface area contributed by atoms with E-state index in [1.54, 1.807) is 0 Å². The van der Waals surface area contributed by atoms with Gasteiger partial charge in [0.25, 0.3) is 0 Å². The van der Waals surface area contributed by atoms with Crippen LogP contribution in [0.4, 0.5) is 11.4 Å². The fourth-order valence-electron chi connectivity index (χ4n) is 2.56. The molecule has 1 aromatic rings. The van der Waals surface area contributed by atoms with Crippen LogP contribution in [0.15, 0.2) is 18.2 Å². The zero-order chi connectivity index (χ0) is 12.8. The van der Waals surface area contributed by atoms with Gasteiger partial charge in [-0.25, -0.2) is 0 Å². The monoisotopic (exact) mass is 248 g/mol. The third-order valence-corrected chi connectivity index (χ3v) is 3.55. The molecule has 3 N–H and O–H groups in total. The van der Waals surface area contributed by atoms with E-state index in [1.807, 2.05) is 25.1 Å². The van der Waals surface area contributed by atoms with Gasteiger partial charge in [-0.2, -0.15) is 0 Å². The lowest BCUT2D eigenvalue weighted by molar-refractivity contribution is 0.340. The van der Waals surface area contributed by atoms with E-state index in [0.717, 1.165) is 17.1 Å². The van der Waals surface area contributed by atoms with Crippen molar-refractivity contribution in [3.05, 3.63) is 18.2 Å². The van der Waals surface area contributed by atoms with Crippen LogP contribution < -0.4 is 15.8 Å². The van der Waals surface area contributed by atoms with Crippen molar-refractivity contribution in [3.8, 4) is 5.75 Å². The minimum absolute atomic E-state index is 0.562. The van der Waals surface area contributed by atoms with Crippen LogP contribution in [0.1, 0.15) is 45.4 Å². The van der Waals surface area contributed by atoms with Crippen LogP contribution >= 0.6 is 0 Å². The Labute approximate surface area is 110 Å². The molecular formula is C15H24N2O. The number of rotatable bonds is 4. The number of nitrogens with one attached hydrogen (secondary N) is 1. The van der Waals surface area contributed by atoms with E-state index in [9.17, 15) is 0 Å². The Balaban J connectivity index is 2.04. The normalized spacial score (nSPS) is 17.2. The standard InChI is InChI=1S/C15H24N2O/c1-2-18-13-9-10-14(16)15(11-13)17-12-7-5-3-4-6-8-12/h9-12,17H,2-8,16H2,1H3. The molecule has 1 aromatic carbocycles. The quantitative estimate of drug-likeness (QED) is 0.629. The molecule has 0 radical (unpaired) electrons. The molecule has 1 aliphatic carbocycles. The topological polar surface area (TPSA) is 47.3 Å². The van der Waals surface area contributed by atoms with Crippen LogP contribution in [0.25, 0.3) is 0 Å². The minimum Gasteiger partial charge on any atom is -0.494 e. The lowest BCUT2D eigenvalue weighted by Crippen LogP contribution is -2.19. The first kappa shape index (κ1) is 13.1. The van der Waals surface area contributed by atoms with E-state index in [-0.39, 0.29) is 0 Å². The van der Waals surface area contributed by atoms with Crippen LogP contribution in [-0.2, 0) is 0 Å². The smallest absolute Gasteiger partial charge is 0.121 e. The third kappa shape index (κ3) is 3.56. The average molecular weight is 248 g/mol.